The van der Waals surface area contributed by atoms with Gasteiger partial charge in [-0.3, -0.25) is 9.59 Å². The van der Waals surface area contributed by atoms with E-state index in [4.69, 9.17) is 14.6 Å². The van der Waals surface area contributed by atoms with Crippen LogP contribution in [0.2, 0.25) is 0 Å². The highest BCUT2D eigenvalue weighted by Gasteiger charge is 2.19. The van der Waals surface area contributed by atoms with Crippen LogP contribution in [-0.2, 0) is 23.9 Å². The summed E-state index contributed by atoms with van der Waals surface area (Å²) in [5.41, 5.74) is 0. The van der Waals surface area contributed by atoms with E-state index in [-0.39, 0.29) is 19.1 Å². The van der Waals surface area contributed by atoms with Gasteiger partial charge in [-0.1, -0.05) is 0 Å². The molecule has 140 valence electrons. The minimum absolute atomic E-state index is 0.0326. The van der Waals surface area contributed by atoms with Crippen LogP contribution in [0.15, 0.2) is 0 Å². The monoisotopic (exact) mass is 364 g/mol. The van der Waals surface area contributed by atoms with Crippen LogP contribution in [0, 0.1) is 0 Å². The second-order valence-electron chi connectivity index (χ2n) is 4.99. The Hall–Kier alpha value is -1.32. The molecule has 0 spiro atoms. The number of ether oxygens (including phenoxy) is 2. The van der Waals surface area contributed by atoms with Gasteiger partial charge in [0.2, 0.25) is 11.8 Å². The van der Waals surface area contributed by atoms with E-state index in [1.54, 1.807) is 0 Å². The second kappa shape index (κ2) is 15.2. The molecule has 0 aromatic carbocycles. The summed E-state index contributed by atoms with van der Waals surface area (Å²) in [5, 5.41) is 14.3. The number of carboxylic acids is 1. The molecular formula is C15H28N2O6S. The molecule has 0 fully saturated rings. The number of hydrogen-bond donors (Lipinski definition) is 3. The van der Waals surface area contributed by atoms with E-state index in [1.165, 1.54) is 11.8 Å². The van der Waals surface area contributed by atoms with Gasteiger partial charge in [0.1, 0.15) is 12.6 Å². The number of hydrogen-bond acceptors (Lipinski definition) is 6. The summed E-state index contributed by atoms with van der Waals surface area (Å²) in [6.45, 7) is 3.43. The standard InChI is InChI=1S/C15H28N2O6S/c1-3-22-8-9-23-10-13(18)17-12(15(20)21)6-4-5-7-16-14(19)11-24-2/h12H,3-11H2,1-2H3,(H,16,19)(H,17,18)(H,20,21). The molecule has 2 amide bonds. The van der Waals surface area contributed by atoms with Crippen molar-refractivity contribution in [3.63, 3.8) is 0 Å². The Balaban J connectivity index is 3.86. The highest BCUT2D eigenvalue weighted by molar-refractivity contribution is 7.99. The summed E-state index contributed by atoms with van der Waals surface area (Å²) < 4.78 is 10.2. The fourth-order valence-corrected chi connectivity index (χ4v) is 2.17. The summed E-state index contributed by atoms with van der Waals surface area (Å²) in [5.74, 6) is -1.16. The lowest BCUT2D eigenvalue weighted by molar-refractivity contribution is -0.142. The molecule has 0 aliphatic carbocycles. The van der Waals surface area contributed by atoms with E-state index in [0.717, 1.165) is 0 Å². The van der Waals surface area contributed by atoms with Crippen LogP contribution in [-0.4, -0.2) is 73.9 Å². The lowest BCUT2D eigenvalue weighted by Gasteiger charge is -2.14. The minimum atomic E-state index is -1.08. The predicted octanol–water partition coefficient (Wildman–Crippen LogP) is 0.258. The van der Waals surface area contributed by atoms with E-state index < -0.39 is 17.9 Å². The average molecular weight is 364 g/mol. The Bertz CT molecular complexity index is 381. The summed E-state index contributed by atoms with van der Waals surface area (Å²) in [7, 11) is 0. The highest BCUT2D eigenvalue weighted by atomic mass is 32.2. The molecular weight excluding hydrogens is 336 g/mol. The number of unbranched alkanes of at least 4 members (excludes halogenated alkanes) is 1. The first-order valence-electron chi connectivity index (χ1n) is 7.94. The summed E-state index contributed by atoms with van der Waals surface area (Å²) in [4.78, 5) is 34.1. The van der Waals surface area contributed by atoms with Crippen molar-refractivity contribution >= 4 is 29.5 Å². The number of carboxylic acid groups (broad SMARTS) is 1. The van der Waals surface area contributed by atoms with Crippen molar-refractivity contribution in [2.24, 2.45) is 0 Å². The van der Waals surface area contributed by atoms with Crippen molar-refractivity contribution in [2.75, 3.05) is 45.0 Å². The van der Waals surface area contributed by atoms with Crippen LogP contribution in [0.1, 0.15) is 26.2 Å². The fourth-order valence-electron chi connectivity index (χ4n) is 1.80. The largest absolute Gasteiger partial charge is 0.480 e. The van der Waals surface area contributed by atoms with Gasteiger partial charge in [0.25, 0.3) is 0 Å². The van der Waals surface area contributed by atoms with Crippen molar-refractivity contribution in [1.29, 1.82) is 0 Å². The van der Waals surface area contributed by atoms with E-state index in [0.29, 0.717) is 44.8 Å². The van der Waals surface area contributed by atoms with Crippen LogP contribution in [0.4, 0.5) is 0 Å². The SMILES string of the molecule is CCOCCOCC(=O)NC(CCCCNC(=O)CSC)C(=O)O. The summed E-state index contributed by atoms with van der Waals surface area (Å²) in [6.07, 6.45) is 3.39. The number of thioether (sulfide) groups is 1. The molecule has 1 unspecified atom stereocenters. The van der Waals surface area contributed by atoms with Crippen molar-refractivity contribution in [3.8, 4) is 0 Å². The molecule has 8 nitrogen and oxygen atoms in total. The van der Waals surface area contributed by atoms with Crippen LogP contribution >= 0.6 is 11.8 Å². The fraction of sp³-hybridized carbons (Fsp3) is 0.800. The molecule has 0 aromatic heterocycles. The Morgan fingerprint density at radius 2 is 1.83 bits per heavy atom. The van der Waals surface area contributed by atoms with Crippen LogP contribution < -0.4 is 10.6 Å². The van der Waals surface area contributed by atoms with Crippen LogP contribution in [0.25, 0.3) is 0 Å². The molecule has 0 saturated heterocycles. The molecule has 24 heavy (non-hydrogen) atoms. The Labute approximate surface area is 147 Å². The molecule has 0 aromatic rings. The molecule has 0 aliphatic heterocycles. The number of carbonyl (C=O) groups is 3. The normalized spacial score (nSPS) is 11.8. The quantitative estimate of drug-likeness (QED) is 0.357. The van der Waals surface area contributed by atoms with Gasteiger partial charge in [-0.25, -0.2) is 4.79 Å². The maximum atomic E-state index is 11.6. The molecule has 0 saturated carbocycles. The molecule has 0 rings (SSSR count). The van der Waals surface area contributed by atoms with E-state index >= 15 is 0 Å². The third-order valence-electron chi connectivity index (χ3n) is 2.96. The van der Waals surface area contributed by atoms with Gasteiger partial charge in [-0.2, -0.15) is 11.8 Å². The molecule has 9 heteroatoms. The molecule has 0 bridgehead atoms. The summed E-state index contributed by atoms with van der Waals surface area (Å²) in [6, 6.07) is -0.949. The average Bonchev–Trinajstić information content (AvgIpc) is 2.53. The van der Waals surface area contributed by atoms with Crippen molar-refractivity contribution < 1.29 is 29.0 Å². The maximum absolute atomic E-state index is 11.6. The Morgan fingerprint density at radius 1 is 1.12 bits per heavy atom. The zero-order valence-corrected chi connectivity index (χ0v) is 15.2. The van der Waals surface area contributed by atoms with Crippen molar-refractivity contribution in [1.82, 2.24) is 10.6 Å². The first-order chi connectivity index (χ1) is 11.5. The van der Waals surface area contributed by atoms with Crippen LogP contribution in [0.3, 0.4) is 0 Å². The zero-order valence-electron chi connectivity index (χ0n) is 14.3. The van der Waals surface area contributed by atoms with Crippen LogP contribution in [0.5, 0.6) is 0 Å². The summed E-state index contributed by atoms with van der Waals surface area (Å²) >= 11 is 1.44. The van der Waals surface area contributed by atoms with E-state index in [9.17, 15) is 14.4 Å². The third-order valence-corrected chi connectivity index (χ3v) is 3.51. The lowest BCUT2D eigenvalue weighted by Crippen LogP contribution is -2.42. The maximum Gasteiger partial charge on any atom is 0.326 e. The molecule has 0 heterocycles. The Kier molecular flexibility index (Phi) is 14.4. The highest BCUT2D eigenvalue weighted by Crippen LogP contribution is 2.01. The smallest absolute Gasteiger partial charge is 0.326 e. The molecule has 0 aliphatic rings. The van der Waals surface area contributed by atoms with Gasteiger partial charge in [0.15, 0.2) is 0 Å². The third kappa shape index (κ3) is 13.1. The van der Waals surface area contributed by atoms with Gasteiger partial charge < -0.3 is 25.2 Å². The predicted molar refractivity (Wildman–Crippen MR) is 92.1 cm³/mol. The van der Waals surface area contributed by atoms with Crippen molar-refractivity contribution in [2.45, 2.75) is 32.2 Å². The molecule has 3 N–H and O–H groups in total. The van der Waals surface area contributed by atoms with E-state index in [2.05, 4.69) is 10.6 Å². The van der Waals surface area contributed by atoms with Gasteiger partial charge in [-0.05, 0) is 32.4 Å². The number of aliphatic carboxylic acids is 1. The molecule has 1 atom stereocenters. The van der Waals surface area contributed by atoms with Gasteiger partial charge in [0, 0.05) is 13.2 Å². The lowest BCUT2D eigenvalue weighted by atomic mass is 10.1. The number of rotatable bonds is 15. The van der Waals surface area contributed by atoms with Gasteiger partial charge >= 0.3 is 5.97 Å². The minimum Gasteiger partial charge on any atom is -0.480 e. The van der Waals surface area contributed by atoms with E-state index in [1.807, 2.05) is 13.2 Å². The van der Waals surface area contributed by atoms with Crippen molar-refractivity contribution in [3.05, 3.63) is 0 Å². The molecule has 0 radical (unpaired) electrons. The second-order valence-corrected chi connectivity index (χ2v) is 5.85. The first kappa shape index (κ1) is 22.7. The number of carbonyl (C=O) groups excluding carboxylic acids is 2. The number of nitrogens with one attached hydrogen (secondary N) is 2. The Morgan fingerprint density at radius 3 is 2.46 bits per heavy atom. The van der Waals surface area contributed by atoms with Gasteiger partial charge in [-0.15, -0.1) is 0 Å². The zero-order chi connectivity index (χ0) is 18.2. The number of amides is 2. The first-order valence-corrected chi connectivity index (χ1v) is 9.33. The topological polar surface area (TPSA) is 114 Å². The van der Waals surface area contributed by atoms with Gasteiger partial charge in [0.05, 0.1) is 19.0 Å².